The molecule has 4 rings (SSSR count). The fourth-order valence-electron chi connectivity index (χ4n) is 3.01. The summed E-state index contributed by atoms with van der Waals surface area (Å²) in [6.07, 6.45) is 3.11. The Morgan fingerprint density at radius 2 is 1.24 bits per heavy atom. The van der Waals surface area contributed by atoms with E-state index in [0.29, 0.717) is 24.7 Å². The lowest BCUT2D eigenvalue weighted by Crippen LogP contribution is -2.13. The molecule has 0 aliphatic heterocycles. The topological polar surface area (TPSA) is 70.7 Å². The average Bonchev–Trinajstić information content (AvgIpc) is 2.83. The fraction of sp³-hybridized carbons (Fsp3) is 0.185. The number of nitrogens with zero attached hydrogens (tertiary/aromatic N) is 1. The highest BCUT2D eigenvalue weighted by molar-refractivity contribution is 5.27. The SMILES string of the molecule is Cc1c(OCc2ccccc2)c(=O)ccn1C.Cc1occc(=O)c1OCc1ccccc1. The molecule has 6 heteroatoms. The molecule has 0 bridgehead atoms. The van der Waals surface area contributed by atoms with Gasteiger partial charge in [-0.25, -0.2) is 0 Å². The molecule has 0 atom stereocenters. The summed E-state index contributed by atoms with van der Waals surface area (Å²) in [5, 5.41) is 0. The van der Waals surface area contributed by atoms with E-state index in [-0.39, 0.29) is 16.6 Å². The average molecular weight is 446 g/mol. The number of hydrogen-bond donors (Lipinski definition) is 0. The molecule has 0 saturated carbocycles. The maximum atomic E-state index is 11.7. The van der Waals surface area contributed by atoms with Gasteiger partial charge in [-0.1, -0.05) is 60.7 Å². The smallest absolute Gasteiger partial charge is 0.227 e. The number of aromatic nitrogens is 1. The fourth-order valence-corrected chi connectivity index (χ4v) is 3.01. The van der Waals surface area contributed by atoms with Gasteiger partial charge < -0.3 is 18.5 Å². The third-order valence-corrected chi connectivity index (χ3v) is 4.99. The first-order valence-electron chi connectivity index (χ1n) is 10.5. The van der Waals surface area contributed by atoms with Gasteiger partial charge >= 0.3 is 0 Å². The lowest BCUT2D eigenvalue weighted by atomic mass is 10.2. The summed E-state index contributed by atoms with van der Waals surface area (Å²) in [6.45, 7) is 4.38. The Morgan fingerprint density at radius 1 is 0.727 bits per heavy atom. The zero-order chi connectivity index (χ0) is 23.6. The van der Waals surface area contributed by atoms with E-state index in [4.69, 9.17) is 13.9 Å². The monoisotopic (exact) mass is 445 g/mol. The molecule has 0 aliphatic carbocycles. The van der Waals surface area contributed by atoms with Crippen LogP contribution in [0.1, 0.15) is 22.6 Å². The van der Waals surface area contributed by atoms with Crippen molar-refractivity contribution in [3.8, 4) is 11.5 Å². The van der Waals surface area contributed by atoms with E-state index < -0.39 is 0 Å². The van der Waals surface area contributed by atoms with Crippen molar-refractivity contribution in [3.63, 3.8) is 0 Å². The van der Waals surface area contributed by atoms with Crippen molar-refractivity contribution in [2.75, 3.05) is 0 Å². The van der Waals surface area contributed by atoms with Gasteiger partial charge in [0.05, 0.1) is 12.0 Å². The van der Waals surface area contributed by atoms with Gasteiger partial charge in [-0.05, 0) is 25.0 Å². The Kier molecular flexibility index (Phi) is 8.24. The Hall–Kier alpha value is -4.06. The first-order chi connectivity index (χ1) is 16.0. The van der Waals surface area contributed by atoms with Crippen LogP contribution in [0, 0.1) is 13.8 Å². The first-order valence-corrected chi connectivity index (χ1v) is 10.5. The quantitative estimate of drug-likeness (QED) is 0.426. The molecule has 0 N–H and O–H groups in total. The molecule has 6 nitrogen and oxygen atoms in total. The third-order valence-electron chi connectivity index (χ3n) is 4.99. The molecule has 2 aromatic carbocycles. The van der Waals surface area contributed by atoms with Gasteiger partial charge in [-0.15, -0.1) is 0 Å². The van der Waals surface area contributed by atoms with Crippen LogP contribution < -0.4 is 20.3 Å². The predicted molar refractivity (Wildman–Crippen MR) is 128 cm³/mol. The molecule has 0 unspecified atom stereocenters. The van der Waals surface area contributed by atoms with Crippen molar-refractivity contribution in [2.45, 2.75) is 27.1 Å². The number of pyridine rings is 1. The van der Waals surface area contributed by atoms with Crippen molar-refractivity contribution >= 4 is 0 Å². The summed E-state index contributed by atoms with van der Waals surface area (Å²) in [6, 6.07) is 22.4. The van der Waals surface area contributed by atoms with Crippen LogP contribution >= 0.6 is 0 Å². The summed E-state index contributed by atoms with van der Waals surface area (Å²) in [7, 11) is 1.89. The number of rotatable bonds is 6. The summed E-state index contributed by atoms with van der Waals surface area (Å²) in [4.78, 5) is 23.2. The molecular weight excluding hydrogens is 418 g/mol. The zero-order valence-corrected chi connectivity index (χ0v) is 19.0. The zero-order valence-electron chi connectivity index (χ0n) is 19.0. The molecule has 2 aromatic heterocycles. The maximum Gasteiger partial charge on any atom is 0.227 e. The molecule has 0 aliphatic rings. The maximum absolute atomic E-state index is 11.7. The van der Waals surface area contributed by atoms with Crippen LogP contribution in [-0.4, -0.2) is 4.57 Å². The number of benzene rings is 2. The minimum absolute atomic E-state index is 0.0727. The second-order valence-electron chi connectivity index (χ2n) is 7.42. The Labute approximate surface area is 192 Å². The van der Waals surface area contributed by atoms with Crippen LogP contribution in [0.2, 0.25) is 0 Å². The lowest BCUT2D eigenvalue weighted by molar-refractivity contribution is 0.286. The van der Waals surface area contributed by atoms with E-state index in [1.165, 1.54) is 18.4 Å². The van der Waals surface area contributed by atoms with Crippen molar-refractivity contribution in [3.05, 3.63) is 128 Å². The minimum Gasteiger partial charge on any atom is -0.483 e. The van der Waals surface area contributed by atoms with Crippen LogP contribution in [0.15, 0.2) is 99.3 Å². The normalized spacial score (nSPS) is 10.2. The molecule has 4 aromatic rings. The van der Waals surface area contributed by atoms with Gasteiger partial charge in [0.25, 0.3) is 0 Å². The molecular formula is C27H27NO5. The largest absolute Gasteiger partial charge is 0.483 e. The van der Waals surface area contributed by atoms with Crippen LogP contribution in [0.25, 0.3) is 0 Å². The highest BCUT2D eigenvalue weighted by Crippen LogP contribution is 2.13. The number of ether oxygens (including phenoxy) is 2. The van der Waals surface area contributed by atoms with E-state index in [1.807, 2.05) is 79.2 Å². The highest BCUT2D eigenvalue weighted by Gasteiger charge is 2.07. The van der Waals surface area contributed by atoms with E-state index >= 15 is 0 Å². The summed E-state index contributed by atoms with van der Waals surface area (Å²) in [5.74, 6) is 1.22. The van der Waals surface area contributed by atoms with Gasteiger partial charge in [0.1, 0.15) is 19.0 Å². The molecule has 0 spiro atoms. The number of aryl methyl sites for hydroxylation is 2. The van der Waals surface area contributed by atoms with E-state index in [0.717, 1.165) is 16.8 Å². The van der Waals surface area contributed by atoms with Gasteiger partial charge in [0.15, 0.2) is 5.75 Å². The summed E-state index contributed by atoms with van der Waals surface area (Å²) < 4.78 is 18.0. The van der Waals surface area contributed by atoms with Crippen LogP contribution in [0.4, 0.5) is 0 Å². The number of hydrogen-bond acceptors (Lipinski definition) is 5. The second-order valence-corrected chi connectivity index (χ2v) is 7.42. The van der Waals surface area contributed by atoms with E-state index in [2.05, 4.69) is 0 Å². The standard InChI is InChI=1S/C14H15NO2.C13H12O3/c1-11-14(13(16)8-9-15(11)2)17-10-12-6-4-3-5-7-12;1-10-13(12(14)7-8-15-10)16-9-11-5-3-2-4-6-11/h3-9H,10H2,1-2H3;2-8H,9H2,1H3. The van der Waals surface area contributed by atoms with Gasteiger partial charge in [0, 0.05) is 25.4 Å². The summed E-state index contributed by atoms with van der Waals surface area (Å²) in [5.41, 5.74) is 2.69. The van der Waals surface area contributed by atoms with Crippen molar-refractivity contribution < 1.29 is 13.9 Å². The van der Waals surface area contributed by atoms with Crippen LogP contribution in [-0.2, 0) is 20.3 Å². The molecule has 0 radical (unpaired) electrons. The Balaban J connectivity index is 0.000000186. The lowest BCUT2D eigenvalue weighted by Gasteiger charge is -2.11. The molecule has 2 heterocycles. The van der Waals surface area contributed by atoms with Gasteiger partial charge in [0.2, 0.25) is 16.6 Å². The summed E-state index contributed by atoms with van der Waals surface area (Å²) >= 11 is 0. The van der Waals surface area contributed by atoms with Crippen LogP contribution in [0.3, 0.4) is 0 Å². The van der Waals surface area contributed by atoms with Crippen molar-refractivity contribution in [1.29, 1.82) is 0 Å². The third kappa shape index (κ3) is 6.71. The Morgan fingerprint density at radius 3 is 1.79 bits per heavy atom. The second kappa shape index (κ2) is 11.5. The van der Waals surface area contributed by atoms with Crippen molar-refractivity contribution in [2.24, 2.45) is 7.05 Å². The van der Waals surface area contributed by atoms with Gasteiger partial charge in [-0.3, -0.25) is 9.59 Å². The molecule has 170 valence electrons. The highest BCUT2D eigenvalue weighted by atomic mass is 16.5. The van der Waals surface area contributed by atoms with E-state index in [1.54, 1.807) is 13.1 Å². The predicted octanol–water partition coefficient (Wildman–Crippen LogP) is 4.80. The Bertz CT molecular complexity index is 1280. The minimum atomic E-state index is -0.153. The van der Waals surface area contributed by atoms with Crippen LogP contribution in [0.5, 0.6) is 11.5 Å². The molecule has 0 fully saturated rings. The molecule has 0 amide bonds. The van der Waals surface area contributed by atoms with Gasteiger partial charge in [-0.2, -0.15) is 0 Å². The first kappa shape index (κ1) is 23.6. The molecule has 0 saturated heterocycles. The van der Waals surface area contributed by atoms with Crippen molar-refractivity contribution in [1.82, 2.24) is 4.57 Å². The van der Waals surface area contributed by atoms with E-state index in [9.17, 15) is 9.59 Å². The molecule has 33 heavy (non-hydrogen) atoms.